The number of guanidine groups is 1. The van der Waals surface area contributed by atoms with Gasteiger partial charge in [-0.3, -0.25) is 9.79 Å². The van der Waals surface area contributed by atoms with Gasteiger partial charge in [-0.25, -0.2) is 0 Å². The van der Waals surface area contributed by atoms with Gasteiger partial charge in [0.25, 0.3) is 0 Å². The molecule has 0 saturated heterocycles. The van der Waals surface area contributed by atoms with Gasteiger partial charge in [-0.05, 0) is 42.4 Å². The van der Waals surface area contributed by atoms with Gasteiger partial charge in [0.1, 0.15) is 0 Å². The van der Waals surface area contributed by atoms with Crippen molar-refractivity contribution in [3.05, 3.63) is 29.8 Å². The van der Waals surface area contributed by atoms with Crippen LogP contribution in [0.4, 0.5) is 5.69 Å². The number of nitrogens with one attached hydrogen (secondary N) is 3. The number of carbonyl (C=O) groups is 1. The lowest BCUT2D eigenvalue weighted by molar-refractivity contribution is -0.114. The number of hydrogen-bond donors (Lipinski definition) is 3. The van der Waals surface area contributed by atoms with Crippen LogP contribution in [0.1, 0.15) is 38.2 Å². The Morgan fingerprint density at radius 1 is 1.32 bits per heavy atom. The molecule has 1 saturated carbocycles. The van der Waals surface area contributed by atoms with Crippen LogP contribution in [0.2, 0.25) is 0 Å². The number of nitrogens with zero attached hydrogens (tertiary/aromatic N) is 1. The second kappa shape index (κ2) is 9.42. The second-order valence-corrected chi connectivity index (χ2v) is 6.76. The molecule has 0 atom stereocenters. The Kier molecular flexibility index (Phi) is 7.25. The van der Waals surface area contributed by atoms with Gasteiger partial charge in [-0.2, -0.15) is 0 Å². The van der Waals surface area contributed by atoms with E-state index in [1.807, 2.05) is 24.3 Å². The Hall–Kier alpha value is -2.08. The highest BCUT2D eigenvalue weighted by Crippen LogP contribution is 2.43. The molecule has 1 amide bonds. The van der Waals surface area contributed by atoms with Gasteiger partial charge in [-0.1, -0.05) is 18.6 Å². The van der Waals surface area contributed by atoms with Crippen LogP contribution in [0.15, 0.2) is 29.3 Å². The molecule has 6 nitrogen and oxygen atoms in total. The smallest absolute Gasteiger partial charge is 0.221 e. The van der Waals surface area contributed by atoms with Gasteiger partial charge in [-0.15, -0.1) is 0 Å². The van der Waals surface area contributed by atoms with E-state index in [0.29, 0.717) is 12.0 Å². The maximum absolute atomic E-state index is 11.2. The summed E-state index contributed by atoms with van der Waals surface area (Å²) < 4.78 is 5.25. The molecule has 1 aliphatic rings. The van der Waals surface area contributed by atoms with E-state index >= 15 is 0 Å². The van der Waals surface area contributed by atoms with Crippen LogP contribution in [0.5, 0.6) is 0 Å². The molecule has 3 N–H and O–H groups in total. The Labute approximate surface area is 150 Å². The topological polar surface area (TPSA) is 74.8 Å². The summed E-state index contributed by atoms with van der Waals surface area (Å²) in [6.45, 7) is 3.89. The second-order valence-electron chi connectivity index (χ2n) is 6.76. The van der Waals surface area contributed by atoms with E-state index in [9.17, 15) is 4.79 Å². The summed E-state index contributed by atoms with van der Waals surface area (Å²) in [5.74, 6) is 0.734. The molecule has 0 bridgehead atoms. The number of amides is 1. The average molecular weight is 346 g/mol. The van der Waals surface area contributed by atoms with Crippen molar-refractivity contribution in [2.75, 3.05) is 32.6 Å². The van der Waals surface area contributed by atoms with Crippen molar-refractivity contribution in [2.24, 2.45) is 10.4 Å². The lowest BCUT2D eigenvalue weighted by Crippen LogP contribution is -2.46. The Bertz CT molecular complexity index is 597. The van der Waals surface area contributed by atoms with Gasteiger partial charge >= 0.3 is 0 Å². The molecule has 0 spiro atoms. The summed E-state index contributed by atoms with van der Waals surface area (Å²) in [5, 5.41) is 9.59. The number of carbonyl (C=O) groups excluding carboxylic acids is 1. The van der Waals surface area contributed by atoms with Gasteiger partial charge in [0, 0.05) is 46.5 Å². The molecular weight excluding hydrogens is 316 g/mol. The van der Waals surface area contributed by atoms with Crippen LogP contribution in [-0.4, -0.2) is 39.2 Å². The van der Waals surface area contributed by atoms with E-state index < -0.39 is 0 Å². The van der Waals surface area contributed by atoms with E-state index in [1.54, 1.807) is 14.2 Å². The fourth-order valence-electron chi connectivity index (χ4n) is 3.15. The maximum atomic E-state index is 11.2. The quantitative estimate of drug-likeness (QED) is 0.499. The lowest BCUT2D eigenvalue weighted by Gasteiger charge is -2.42. The first-order valence-electron chi connectivity index (χ1n) is 8.87. The molecule has 0 unspecified atom stereocenters. The Morgan fingerprint density at radius 3 is 2.72 bits per heavy atom. The normalized spacial score (nSPS) is 16.0. The first-order valence-corrected chi connectivity index (χ1v) is 8.87. The zero-order valence-electron chi connectivity index (χ0n) is 15.5. The van der Waals surface area contributed by atoms with E-state index in [0.717, 1.165) is 36.8 Å². The number of methoxy groups -OCH3 is 1. The monoisotopic (exact) mass is 346 g/mol. The van der Waals surface area contributed by atoms with Crippen molar-refractivity contribution >= 4 is 17.6 Å². The van der Waals surface area contributed by atoms with Crippen molar-refractivity contribution < 1.29 is 9.53 Å². The van der Waals surface area contributed by atoms with Crippen LogP contribution in [0, 0.1) is 5.41 Å². The molecular formula is C19H30N4O2. The predicted molar refractivity (Wildman–Crippen MR) is 102 cm³/mol. The number of ether oxygens (including phenoxy) is 1. The Morgan fingerprint density at radius 2 is 2.12 bits per heavy atom. The van der Waals surface area contributed by atoms with Crippen molar-refractivity contribution in [3.8, 4) is 0 Å². The fourth-order valence-corrected chi connectivity index (χ4v) is 3.15. The largest absolute Gasteiger partial charge is 0.385 e. The average Bonchev–Trinajstić information content (AvgIpc) is 2.56. The summed E-state index contributed by atoms with van der Waals surface area (Å²) in [6, 6.07) is 7.81. The van der Waals surface area contributed by atoms with Crippen LogP contribution in [0.25, 0.3) is 0 Å². The molecule has 0 heterocycles. The minimum Gasteiger partial charge on any atom is -0.385 e. The number of benzene rings is 1. The molecule has 25 heavy (non-hydrogen) atoms. The van der Waals surface area contributed by atoms with Crippen LogP contribution < -0.4 is 16.0 Å². The van der Waals surface area contributed by atoms with Crippen molar-refractivity contribution in [1.29, 1.82) is 0 Å². The maximum Gasteiger partial charge on any atom is 0.221 e. The minimum absolute atomic E-state index is 0.0653. The molecule has 1 aromatic carbocycles. The van der Waals surface area contributed by atoms with Gasteiger partial charge in [0.05, 0.1) is 0 Å². The third kappa shape index (κ3) is 6.05. The zero-order valence-corrected chi connectivity index (χ0v) is 15.5. The van der Waals surface area contributed by atoms with Gasteiger partial charge < -0.3 is 20.7 Å². The van der Waals surface area contributed by atoms with E-state index in [-0.39, 0.29) is 5.91 Å². The molecule has 138 valence electrons. The number of hydrogen-bond acceptors (Lipinski definition) is 3. The van der Waals surface area contributed by atoms with Crippen LogP contribution >= 0.6 is 0 Å². The first-order chi connectivity index (χ1) is 12.1. The van der Waals surface area contributed by atoms with Crippen LogP contribution in [-0.2, 0) is 16.1 Å². The van der Waals surface area contributed by atoms with E-state index in [1.165, 1.54) is 26.2 Å². The number of anilines is 1. The minimum atomic E-state index is -0.0653. The molecule has 0 aliphatic heterocycles. The number of aliphatic imine (C=N–C) groups is 1. The molecule has 1 fully saturated rings. The zero-order chi connectivity index (χ0) is 18.1. The van der Waals surface area contributed by atoms with E-state index in [2.05, 4.69) is 20.9 Å². The number of rotatable bonds is 8. The van der Waals surface area contributed by atoms with Gasteiger partial charge in [0.2, 0.25) is 5.91 Å². The highest BCUT2D eigenvalue weighted by atomic mass is 16.5. The molecule has 1 aliphatic carbocycles. The van der Waals surface area contributed by atoms with Crippen molar-refractivity contribution in [1.82, 2.24) is 10.6 Å². The summed E-state index contributed by atoms with van der Waals surface area (Å²) in [4.78, 5) is 15.5. The molecule has 0 radical (unpaired) electrons. The third-order valence-electron chi connectivity index (χ3n) is 4.81. The van der Waals surface area contributed by atoms with Crippen LogP contribution in [0.3, 0.4) is 0 Å². The molecule has 6 heteroatoms. The Balaban J connectivity index is 1.83. The van der Waals surface area contributed by atoms with Gasteiger partial charge in [0.15, 0.2) is 5.96 Å². The predicted octanol–water partition coefficient (Wildman–Crippen LogP) is 2.52. The fraction of sp³-hybridized carbons (Fsp3) is 0.579. The highest BCUT2D eigenvalue weighted by Gasteiger charge is 2.36. The third-order valence-corrected chi connectivity index (χ3v) is 4.81. The molecule has 0 aromatic heterocycles. The van der Waals surface area contributed by atoms with Crippen molar-refractivity contribution in [2.45, 2.75) is 39.2 Å². The summed E-state index contributed by atoms with van der Waals surface area (Å²) in [5.41, 5.74) is 2.24. The molecule has 2 rings (SSSR count). The van der Waals surface area contributed by atoms with Crippen molar-refractivity contribution in [3.63, 3.8) is 0 Å². The molecule has 1 aromatic rings. The standard InChI is InChI=1S/C19H30N4O2/c1-15(24)23-17-7-4-6-16(12-17)13-21-18(20-2)22-14-19(8-5-9-19)10-11-25-3/h4,6-7,12H,5,8-11,13-14H2,1-3H3,(H,23,24)(H2,20,21,22). The lowest BCUT2D eigenvalue weighted by atomic mass is 9.67. The van der Waals surface area contributed by atoms with E-state index in [4.69, 9.17) is 4.74 Å². The SMILES string of the molecule is CN=C(NCc1cccc(NC(C)=O)c1)NCC1(CCOC)CCC1. The summed E-state index contributed by atoms with van der Waals surface area (Å²) >= 11 is 0. The first kappa shape index (κ1) is 19.2. The summed E-state index contributed by atoms with van der Waals surface area (Å²) in [6.07, 6.45) is 4.89. The summed E-state index contributed by atoms with van der Waals surface area (Å²) in [7, 11) is 3.54. The highest BCUT2D eigenvalue weighted by molar-refractivity contribution is 5.88.